The van der Waals surface area contributed by atoms with Crippen molar-refractivity contribution in [1.82, 2.24) is 10.2 Å². The zero-order valence-electron chi connectivity index (χ0n) is 27.6. The lowest BCUT2D eigenvalue weighted by molar-refractivity contribution is -0.145. The fraction of sp³-hybridized carbons (Fsp3) is 0.417. The predicted molar refractivity (Wildman–Crippen MR) is 176 cm³/mol. The number of amides is 1. The van der Waals surface area contributed by atoms with Crippen LogP contribution in [0, 0.1) is 24.2 Å². The van der Waals surface area contributed by atoms with Gasteiger partial charge in [-0.3, -0.25) is 19.3 Å². The van der Waals surface area contributed by atoms with E-state index in [1.807, 2.05) is 19.1 Å². The Labute approximate surface area is 280 Å². The number of aldehydes is 1. The van der Waals surface area contributed by atoms with Crippen molar-refractivity contribution in [3.63, 3.8) is 0 Å². The molecule has 49 heavy (non-hydrogen) atoms. The average Bonchev–Trinajstić information content (AvgIpc) is 3.51. The van der Waals surface area contributed by atoms with Gasteiger partial charge in [0.05, 0.1) is 12.1 Å². The van der Waals surface area contributed by atoms with Crippen molar-refractivity contribution in [2.75, 3.05) is 45.2 Å². The van der Waals surface area contributed by atoms with Crippen LogP contribution in [0.3, 0.4) is 0 Å². The maximum atomic E-state index is 14.2. The van der Waals surface area contributed by atoms with Crippen molar-refractivity contribution in [1.29, 1.82) is 0 Å². The van der Waals surface area contributed by atoms with Gasteiger partial charge in [0.25, 0.3) is 0 Å². The Bertz CT molecular complexity index is 1720. The van der Waals surface area contributed by atoms with Crippen LogP contribution >= 0.6 is 0 Å². The first-order valence-electron chi connectivity index (χ1n) is 15.7. The van der Waals surface area contributed by atoms with Gasteiger partial charge in [-0.15, -0.1) is 0 Å². The number of likely N-dealkylation sites (tertiary alicyclic amines) is 1. The number of hydrogen-bond donors (Lipinski definition) is 2. The number of carboxylic acid groups (broad SMARTS) is 1. The van der Waals surface area contributed by atoms with E-state index in [4.69, 9.17) is 5.11 Å². The van der Waals surface area contributed by atoms with E-state index in [0.717, 1.165) is 10.9 Å². The monoisotopic (exact) mass is 691 g/mol. The van der Waals surface area contributed by atoms with Crippen LogP contribution in [0.25, 0.3) is 21.9 Å². The molecule has 2 aliphatic rings. The van der Waals surface area contributed by atoms with Crippen LogP contribution in [0.5, 0.6) is 0 Å². The second kappa shape index (κ2) is 14.6. The fourth-order valence-corrected chi connectivity index (χ4v) is 7.16. The van der Waals surface area contributed by atoms with Gasteiger partial charge in [0, 0.05) is 49.4 Å². The van der Waals surface area contributed by atoms with Gasteiger partial charge in [-0.25, -0.2) is 0 Å². The van der Waals surface area contributed by atoms with Gasteiger partial charge >= 0.3 is 18.3 Å². The number of alkyl halides is 6. The largest absolute Gasteiger partial charge is 0.480 e. The lowest BCUT2D eigenvalue weighted by Crippen LogP contribution is -2.41. The molecule has 264 valence electrons. The van der Waals surface area contributed by atoms with E-state index in [9.17, 15) is 40.7 Å². The fourth-order valence-electron chi connectivity index (χ4n) is 7.16. The maximum absolute atomic E-state index is 14.2. The summed E-state index contributed by atoms with van der Waals surface area (Å²) in [4.78, 5) is 37.5. The smallest absolute Gasteiger partial charge is 0.417 e. The lowest BCUT2D eigenvalue weighted by atomic mass is 9.86. The molecule has 2 N–H and O–H groups in total. The Morgan fingerprint density at radius 1 is 0.918 bits per heavy atom. The Kier molecular flexibility index (Phi) is 11.2. The summed E-state index contributed by atoms with van der Waals surface area (Å²) >= 11 is 0. The van der Waals surface area contributed by atoms with Crippen LogP contribution in [0.1, 0.15) is 36.5 Å². The molecule has 1 amide bonds. The van der Waals surface area contributed by atoms with Crippen molar-refractivity contribution < 1.29 is 45.8 Å². The molecular formula is C36H39F6N3O4. The minimum atomic E-state index is -4.70. The first kappa shape index (κ1) is 37.4. The number of aliphatic carboxylic acids is 1. The summed E-state index contributed by atoms with van der Waals surface area (Å²) < 4.78 is 79.8. The van der Waals surface area contributed by atoms with Gasteiger partial charge < -0.3 is 15.3 Å². The number of carbonyl (C=O) groups is 3. The van der Waals surface area contributed by atoms with Crippen molar-refractivity contribution in [2.24, 2.45) is 17.3 Å². The van der Waals surface area contributed by atoms with Gasteiger partial charge in [0.2, 0.25) is 5.91 Å². The van der Waals surface area contributed by atoms with Crippen molar-refractivity contribution >= 4 is 45.8 Å². The normalized spacial score (nSPS) is 21.3. The SMILES string of the molecule is CC1(C(=O)NCC(=O)O)CC2CN(CC(F)(F)F)CC2C1.Cc1cccc2c(/C(C=O)=C(/c3ccccc3N(C)C)C(F)(F)F)cccc12. The Morgan fingerprint density at radius 3 is 2.04 bits per heavy atom. The van der Waals surface area contributed by atoms with Crippen molar-refractivity contribution in [3.8, 4) is 0 Å². The highest BCUT2D eigenvalue weighted by atomic mass is 19.4. The van der Waals surface area contributed by atoms with Crippen LogP contribution in [-0.2, 0) is 14.4 Å². The second-order valence-corrected chi connectivity index (χ2v) is 13.2. The van der Waals surface area contributed by atoms with Gasteiger partial charge in [-0.1, -0.05) is 61.5 Å². The summed E-state index contributed by atoms with van der Waals surface area (Å²) in [5, 5.41) is 12.4. The summed E-state index contributed by atoms with van der Waals surface area (Å²) in [6.45, 7) is 3.03. The van der Waals surface area contributed by atoms with Crippen LogP contribution in [-0.4, -0.2) is 80.8 Å². The molecule has 13 heteroatoms. The standard InChI is InChI=1S/C23H20F3NO.C13H19F3N2O3/c1-15-8-6-11-17-16(15)10-7-12-18(17)20(14-28)22(23(24,25)26)19-9-4-5-13-21(19)27(2)3;1-12(11(21)17-4-10(19)20)2-8-5-18(6-9(8)3-12)7-13(14,15)16/h4-14H,1-3H3;8-9H,2-7H2,1H3,(H,17,21)(H,19,20)/b22-20-;. The molecular weight excluding hydrogens is 652 g/mol. The van der Waals surface area contributed by atoms with E-state index in [0.29, 0.717) is 43.3 Å². The number of rotatable bonds is 8. The van der Waals surface area contributed by atoms with Gasteiger partial charge in [-0.05, 0) is 59.6 Å². The Balaban J connectivity index is 0.000000230. The van der Waals surface area contributed by atoms with Crippen LogP contribution < -0.4 is 10.2 Å². The third-order valence-electron chi connectivity index (χ3n) is 9.18. The minimum absolute atomic E-state index is 0.0215. The molecule has 1 aliphatic heterocycles. The number of allylic oxidation sites excluding steroid dienone is 2. The molecule has 5 rings (SSSR count). The summed E-state index contributed by atoms with van der Waals surface area (Å²) in [6.07, 6.45) is -7.56. The number of fused-ring (bicyclic) bond motifs is 2. The number of hydrogen-bond acceptors (Lipinski definition) is 5. The molecule has 7 nitrogen and oxygen atoms in total. The minimum Gasteiger partial charge on any atom is -0.480 e. The molecule has 2 unspecified atom stereocenters. The number of benzene rings is 3. The van der Waals surface area contributed by atoms with Gasteiger partial charge in [0.15, 0.2) is 6.29 Å². The summed E-state index contributed by atoms with van der Waals surface area (Å²) in [6, 6.07) is 16.7. The molecule has 2 atom stereocenters. The first-order valence-corrected chi connectivity index (χ1v) is 15.7. The van der Waals surface area contributed by atoms with E-state index < -0.39 is 42.4 Å². The maximum Gasteiger partial charge on any atom is 0.417 e. The number of halogens is 6. The average molecular weight is 692 g/mol. The first-order chi connectivity index (χ1) is 22.8. The van der Waals surface area contributed by atoms with Gasteiger partial charge in [-0.2, -0.15) is 26.3 Å². The topological polar surface area (TPSA) is 90.0 Å². The van der Waals surface area contributed by atoms with Crippen LogP contribution in [0.2, 0.25) is 0 Å². The molecule has 2 fully saturated rings. The molecule has 0 radical (unpaired) electrons. The quantitative estimate of drug-likeness (QED) is 0.115. The van der Waals surface area contributed by atoms with E-state index in [-0.39, 0.29) is 34.4 Å². The highest BCUT2D eigenvalue weighted by Gasteiger charge is 2.51. The summed E-state index contributed by atoms with van der Waals surface area (Å²) in [5.41, 5.74) is -0.380. The Morgan fingerprint density at radius 2 is 1.49 bits per heavy atom. The highest BCUT2D eigenvalue weighted by Crippen LogP contribution is 2.49. The number of carboxylic acids is 1. The molecule has 1 aliphatic carbocycles. The van der Waals surface area contributed by atoms with Crippen LogP contribution in [0.4, 0.5) is 32.0 Å². The van der Waals surface area contributed by atoms with E-state index in [1.165, 1.54) is 11.0 Å². The molecule has 1 saturated carbocycles. The molecule has 0 bridgehead atoms. The molecule has 3 aromatic rings. The number of carbonyl (C=O) groups excluding carboxylic acids is 2. The van der Waals surface area contributed by atoms with Crippen LogP contribution in [0.15, 0.2) is 60.7 Å². The summed E-state index contributed by atoms with van der Waals surface area (Å²) in [5.74, 6) is -1.27. The predicted octanol–water partition coefficient (Wildman–Crippen LogP) is 6.98. The number of nitrogens with one attached hydrogen (secondary N) is 1. The second-order valence-electron chi connectivity index (χ2n) is 13.2. The zero-order chi connectivity index (χ0) is 36.3. The highest BCUT2D eigenvalue weighted by molar-refractivity contribution is 6.22. The zero-order valence-corrected chi connectivity index (χ0v) is 27.6. The number of para-hydroxylation sites is 1. The molecule has 1 heterocycles. The number of anilines is 1. The molecule has 3 aromatic carbocycles. The van der Waals surface area contributed by atoms with E-state index in [2.05, 4.69) is 5.32 Å². The summed E-state index contributed by atoms with van der Waals surface area (Å²) in [7, 11) is 3.35. The van der Waals surface area contributed by atoms with E-state index in [1.54, 1.807) is 68.4 Å². The van der Waals surface area contributed by atoms with Gasteiger partial charge in [0.1, 0.15) is 6.54 Å². The van der Waals surface area contributed by atoms with E-state index >= 15 is 0 Å². The molecule has 1 saturated heterocycles. The number of aryl methyl sites for hydroxylation is 1. The van der Waals surface area contributed by atoms with Crippen molar-refractivity contribution in [2.45, 2.75) is 39.0 Å². The third-order valence-corrected chi connectivity index (χ3v) is 9.18. The molecule has 0 aromatic heterocycles. The number of nitrogens with zero attached hydrogens (tertiary/aromatic N) is 2. The lowest BCUT2D eigenvalue weighted by Gasteiger charge is -2.26. The Hall–Kier alpha value is -4.39. The molecule has 0 spiro atoms. The van der Waals surface area contributed by atoms with Crippen molar-refractivity contribution in [3.05, 3.63) is 77.4 Å². The third kappa shape index (κ3) is 8.80.